The number of carbonyl (C=O) groups is 1. The van der Waals surface area contributed by atoms with Gasteiger partial charge in [0.2, 0.25) is 5.91 Å². The van der Waals surface area contributed by atoms with E-state index in [2.05, 4.69) is 30.3 Å². The average molecular weight is 286 g/mol. The first kappa shape index (κ1) is 14.6. The average Bonchev–Trinajstić information content (AvgIpc) is 2.55. The lowest BCUT2D eigenvalue weighted by atomic mass is 9.78. The number of nitrogens with zero attached hydrogens (tertiary/aromatic N) is 1. The van der Waals surface area contributed by atoms with Gasteiger partial charge in [-0.05, 0) is 50.0 Å². The Bertz CT molecular complexity index is 465. The highest BCUT2D eigenvalue weighted by Gasteiger charge is 2.31. The summed E-state index contributed by atoms with van der Waals surface area (Å²) < 4.78 is 0. The third kappa shape index (κ3) is 3.46. The van der Waals surface area contributed by atoms with Crippen molar-refractivity contribution in [3.8, 4) is 0 Å². The van der Waals surface area contributed by atoms with Crippen molar-refractivity contribution >= 4 is 5.91 Å². The highest BCUT2D eigenvalue weighted by Crippen LogP contribution is 2.36. The third-order valence-corrected chi connectivity index (χ3v) is 5.12. The summed E-state index contributed by atoms with van der Waals surface area (Å²) in [6.45, 7) is 1.67. The van der Waals surface area contributed by atoms with E-state index in [0.29, 0.717) is 11.8 Å². The van der Waals surface area contributed by atoms with Crippen molar-refractivity contribution in [2.75, 3.05) is 13.1 Å². The molecule has 21 heavy (non-hydrogen) atoms. The predicted octanol–water partition coefficient (Wildman–Crippen LogP) is 2.91. The van der Waals surface area contributed by atoms with Gasteiger partial charge in [-0.1, -0.05) is 30.3 Å². The summed E-state index contributed by atoms with van der Waals surface area (Å²) >= 11 is 0. The van der Waals surface area contributed by atoms with Gasteiger partial charge in [0.05, 0.1) is 0 Å². The number of hydrogen-bond donors (Lipinski definition) is 1. The topological polar surface area (TPSA) is 46.3 Å². The molecular formula is C18H26N2O. The van der Waals surface area contributed by atoms with Crippen LogP contribution < -0.4 is 5.73 Å². The molecule has 1 unspecified atom stereocenters. The number of hydrogen-bond acceptors (Lipinski definition) is 2. The highest BCUT2D eigenvalue weighted by atomic mass is 16.2. The van der Waals surface area contributed by atoms with Crippen LogP contribution in [-0.2, 0) is 4.79 Å². The Morgan fingerprint density at radius 3 is 2.43 bits per heavy atom. The maximum absolute atomic E-state index is 12.6. The van der Waals surface area contributed by atoms with Crippen LogP contribution in [0.25, 0.3) is 0 Å². The van der Waals surface area contributed by atoms with Gasteiger partial charge in [0.1, 0.15) is 0 Å². The summed E-state index contributed by atoms with van der Waals surface area (Å²) in [5.41, 5.74) is 7.43. The van der Waals surface area contributed by atoms with Crippen LogP contribution in [-0.4, -0.2) is 29.9 Å². The Kier molecular flexibility index (Phi) is 4.59. The lowest BCUT2D eigenvalue weighted by Gasteiger charge is -2.36. The summed E-state index contributed by atoms with van der Waals surface area (Å²) in [5, 5.41) is 0. The van der Waals surface area contributed by atoms with Crippen molar-refractivity contribution in [3.63, 3.8) is 0 Å². The molecule has 3 nitrogen and oxygen atoms in total. The monoisotopic (exact) mass is 286 g/mol. The van der Waals surface area contributed by atoms with Crippen LogP contribution in [0.5, 0.6) is 0 Å². The van der Waals surface area contributed by atoms with Gasteiger partial charge in [0, 0.05) is 25.0 Å². The van der Waals surface area contributed by atoms with Crippen molar-refractivity contribution < 1.29 is 4.79 Å². The van der Waals surface area contributed by atoms with Crippen molar-refractivity contribution in [2.24, 2.45) is 11.7 Å². The number of amides is 1. The Morgan fingerprint density at radius 1 is 1.05 bits per heavy atom. The molecule has 1 saturated carbocycles. The third-order valence-electron chi connectivity index (χ3n) is 5.12. The minimum atomic E-state index is 0.184. The van der Waals surface area contributed by atoms with E-state index in [0.717, 1.165) is 51.6 Å². The second kappa shape index (κ2) is 6.61. The van der Waals surface area contributed by atoms with E-state index in [1.54, 1.807) is 0 Å². The lowest BCUT2D eigenvalue weighted by molar-refractivity contribution is -0.137. The van der Waals surface area contributed by atoms with E-state index in [9.17, 15) is 4.79 Å². The number of benzene rings is 1. The van der Waals surface area contributed by atoms with Gasteiger partial charge in [-0.25, -0.2) is 0 Å². The van der Waals surface area contributed by atoms with E-state index in [1.807, 2.05) is 4.90 Å². The fraction of sp³-hybridized carbons (Fsp3) is 0.611. The Labute approximate surface area is 127 Å². The zero-order valence-electron chi connectivity index (χ0n) is 12.7. The molecule has 1 aromatic rings. The van der Waals surface area contributed by atoms with E-state index in [1.165, 1.54) is 5.56 Å². The molecule has 0 aromatic heterocycles. The van der Waals surface area contributed by atoms with Gasteiger partial charge >= 0.3 is 0 Å². The zero-order valence-corrected chi connectivity index (χ0v) is 12.7. The van der Waals surface area contributed by atoms with Crippen LogP contribution in [0.3, 0.4) is 0 Å². The maximum atomic E-state index is 12.6. The molecule has 1 aromatic carbocycles. The number of likely N-dealkylation sites (tertiary alicyclic amines) is 1. The van der Waals surface area contributed by atoms with Gasteiger partial charge in [-0.2, -0.15) is 0 Å². The standard InChI is InChI=1S/C18H26N2O/c19-17-7-4-12-20(13-17)18(21)16-10-8-15(9-11-16)14-5-2-1-3-6-14/h1-3,5-6,15-17H,4,7-13,19H2. The van der Waals surface area contributed by atoms with E-state index < -0.39 is 0 Å². The maximum Gasteiger partial charge on any atom is 0.225 e. The van der Waals surface area contributed by atoms with Crippen molar-refractivity contribution in [3.05, 3.63) is 35.9 Å². The summed E-state index contributed by atoms with van der Waals surface area (Å²) in [6.07, 6.45) is 6.46. The summed E-state index contributed by atoms with van der Waals surface area (Å²) in [6, 6.07) is 10.9. The van der Waals surface area contributed by atoms with Crippen LogP contribution in [0.15, 0.2) is 30.3 Å². The molecule has 0 bridgehead atoms. The number of nitrogens with two attached hydrogens (primary N) is 1. The Balaban J connectivity index is 1.54. The van der Waals surface area contributed by atoms with Gasteiger partial charge in [0.15, 0.2) is 0 Å². The summed E-state index contributed by atoms with van der Waals surface area (Å²) in [4.78, 5) is 14.6. The molecule has 1 heterocycles. The number of rotatable bonds is 2. The fourth-order valence-electron chi connectivity index (χ4n) is 3.87. The molecule has 0 spiro atoms. The molecule has 2 fully saturated rings. The first-order valence-corrected chi connectivity index (χ1v) is 8.33. The quantitative estimate of drug-likeness (QED) is 0.908. The summed E-state index contributed by atoms with van der Waals surface area (Å²) in [7, 11) is 0. The van der Waals surface area contributed by atoms with Gasteiger partial charge < -0.3 is 10.6 Å². The van der Waals surface area contributed by atoms with Crippen LogP contribution >= 0.6 is 0 Å². The van der Waals surface area contributed by atoms with Gasteiger partial charge in [0.25, 0.3) is 0 Å². The molecule has 1 aliphatic heterocycles. The molecule has 2 N–H and O–H groups in total. The first-order valence-electron chi connectivity index (χ1n) is 8.33. The van der Waals surface area contributed by atoms with Crippen LogP contribution in [0.4, 0.5) is 0 Å². The second-order valence-corrected chi connectivity index (χ2v) is 6.65. The molecule has 0 radical (unpaired) electrons. The van der Waals surface area contributed by atoms with Gasteiger partial charge in [-0.3, -0.25) is 4.79 Å². The van der Waals surface area contributed by atoms with Gasteiger partial charge in [-0.15, -0.1) is 0 Å². The van der Waals surface area contributed by atoms with Crippen molar-refractivity contribution in [2.45, 2.75) is 50.5 Å². The SMILES string of the molecule is NC1CCCN(C(=O)C2CCC(c3ccccc3)CC2)C1. The molecule has 1 saturated heterocycles. The Morgan fingerprint density at radius 2 is 1.76 bits per heavy atom. The van der Waals surface area contributed by atoms with Crippen LogP contribution in [0, 0.1) is 5.92 Å². The van der Waals surface area contributed by atoms with E-state index in [4.69, 9.17) is 5.73 Å². The summed E-state index contributed by atoms with van der Waals surface area (Å²) in [5.74, 6) is 1.23. The van der Waals surface area contributed by atoms with Crippen molar-refractivity contribution in [1.82, 2.24) is 4.90 Å². The van der Waals surface area contributed by atoms with E-state index >= 15 is 0 Å². The molecule has 3 rings (SSSR count). The molecule has 1 aliphatic carbocycles. The largest absolute Gasteiger partial charge is 0.341 e. The first-order chi connectivity index (χ1) is 10.2. The van der Waals surface area contributed by atoms with E-state index in [-0.39, 0.29) is 12.0 Å². The van der Waals surface area contributed by atoms with Crippen molar-refractivity contribution in [1.29, 1.82) is 0 Å². The number of carbonyl (C=O) groups excluding carboxylic acids is 1. The zero-order chi connectivity index (χ0) is 14.7. The molecule has 114 valence electrons. The minimum absolute atomic E-state index is 0.184. The Hall–Kier alpha value is -1.35. The number of piperidine rings is 1. The predicted molar refractivity (Wildman–Crippen MR) is 84.9 cm³/mol. The fourth-order valence-corrected chi connectivity index (χ4v) is 3.87. The highest BCUT2D eigenvalue weighted by molar-refractivity contribution is 5.79. The normalized spacial score (nSPS) is 30.1. The van der Waals surface area contributed by atoms with Crippen LogP contribution in [0.1, 0.15) is 50.0 Å². The van der Waals surface area contributed by atoms with Crippen LogP contribution in [0.2, 0.25) is 0 Å². The molecule has 1 atom stereocenters. The second-order valence-electron chi connectivity index (χ2n) is 6.65. The lowest BCUT2D eigenvalue weighted by Crippen LogP contribution is -2.48. The minimum Gasteiger partial charge on any atom is -0.341 e. The smallest absolute Gasteiger partial charge is 0.225 e. The molecule has 2 aliphatic rings. The molecular weight excluding hydrogens is 260 g/mol. The molecule has 1 amide bonds. The molecule has 3 heteroatoms.